The molecular formula is C34H43N5O10S. The number of ether oxygens (including phenoxy) is 3. The van der Waals surface area contributed by atoms with Gasteiger partial charge in [-0.05, 0) is 58.9 Å². The monoisotopic (exact) mass is 713 g/mol. The van der Waals surface area contributed by atoms with Gasteiger partial charge in [0.2, 0.25) is 27.7 Å². The molecule has 0 spiro atoms. The van der Waals surface area contributed by atoms with Crippen LogP contribution in [0.25, 0.3) is 10.8 Å². The number of carboxylic acid groups (broad SMARTS) is 1. The van der Waals surface area contributed by atoms with Crippen molar-refractivity contribution < 1.29 is 46.9 Å². The molecule has 0 bridgehead atoms. The molecule has 3 fully saturated rings. The Labute approximate surface area is 290 Å². The summed E-state index contributed by atoms with van der Waals surface area (Å²) in [7, 11) is -2.48. The number of hydrogen-bond donors (Lipinski definition) is 4. The Morgan fingerprint density at radius 2 is 1.88 bits per heavy atom. The van der Waals surface area contributed by atoms with Crippen LogP contribution in [-0.4, -0.2) is 102 Å². The van der Waals surface area contributed by atoms with Crippen molar-refractivity contribution in [2.75, 3.05) is 13.7 Å². The summed E-state index contributed by atoms with van der Waals surface area (Å²) in [5.74, 6) is -1.98. The van der Waals surface area contributed by atoms with Gasteiger partial charge in [-0.2, -0.15) is 0 Å². The van der Waals surface area contributed by atoms with Crippen molar-refractivity contribution in [3.05, 3.63) is 42.6 Å². The number of nitrogens with one attached hydrogen (secondary N) is 3. The molecule has 7 atom stereocenters. The molecule has 0 unspecified atom stereocenters. The van der Waals surface area contributed by atoms with Gasteiger partial charge in [0.1, 0.15) is 29.5 Å². The van der Waals surface area contributed by atoms with Gasteiger partial charge in [-0.15, -0.1) is 0 Å². The second-order valence-electron chi connectivity index (χ2n) is 13.9. The minimum atomic E-state index is -4.01. The van der Waals surface area contributed by atoms with Crippen molar-refractivity contribution >= 4 is 44.6 Å². The maximum absolute atomic E-state index is 14.2. The molecule has 2 aromatic rings. The van der Waals surface area contributed by atoms with Crippen LogP contribution in [0.3, 0.4) is 0 Å². The SMILES string of the molecule is COc1cnc(O[C@@H]2C[C@H]3C(=O)N[C@]4(C(=O)NS(=O)(=O)C5(C)CC5)C[C@H]4C=CCC[C@@H](C)O[C@@H](C)[C@H](NC(=O)O)C(=O)N3C2)c2ccccc12. The van der Waals surface area contributed by atoms with Gasteiger partial charge < -0.3 is 34.9 Å². The summed E-state index contributed by atoms with van der Waals surface area (Å²) < 4.78 is 45.1. The summed E-state index contributed by atoms with van der Waals surface area (Å²) >= 11 is 0. The number of sulfonamides is 1. The summed E-state index contributed by atoms with van der Waals surface area (Å²) in [4.78, 5) is 59.8. The molecule has 270 valence electrons. The molecule has 1 saturated heterocycles. The highest BCUT2D eigenvalue weighted by atomic mass is 32.2. The average molecular weight is 714 g/mol. The Bertz CT molecular complexity index is 1830. The Hall–Kier alpha value is -4.44. The number of amides is 4. The van der Waals surface area contributed by atoms with Crippen LogP contribution in [0, 0.1) is 5.92 Å². The van der Waals surface area contributed by atoms with Crippen LogP contribution in [0.2, 0.25) is 0 Å². The first-order valence-electron chi connectivity index (χ1n) is 16.8. The fraction of sp³-hybridized carbons (Fsp3) is 0.559. The zero-order chi connectivity index (χ0) is 36.0. The van der Waals surface area contributed by atoms with Crippen LogP contribution in [0.15, 0.2) is 42.6 Å². The van der Waals surface area contributed by atoms with Gasteiger partial charge in [0.25, 0.3) is 5.91 Å². The molecule has 16 heteroatoms. The molecular weight excluding hydrogens is 670 g/mol. The van der Waals surface area contributed by atoms with E-state index in [0.717, 1.165) is 5.39 Å². The van der Waals surface area contributed by atoms with E-state index in [1.807, 2.05) is 31.2 Å². The van der Waals surface area contributed by atoms with Gasteiger partial charge in [0.05, 0.1) is 36.8 Å². The molecule has 2 aliphatic carbocycles. The quantitative estimate of drug-likeness (QED) is 0.307. The minimum absolute atomic E-state index is 0.0282. The molecule has 4 amide bonds. The molecule has 3 heterocycles. The first-order valence-corrected chi connectivity index (χ1v) is 18.3. The van der Waals surface area contributed by atoms with E-state index < -0.39 is 74.3 Å². The smallest absolute Gasteiger partial charge is 0.405 e. The summed E-state index contributed by atoms with van der Waals surface area (Å²) in [6, 6.07) is 4.71. The number of pyridine rings is 1. The maximum Gasteiger partial charge on any atom is 0.405 e. The standard InChI is InChI=1S/C34H43N5O10S/c1-19-9-5-6-10-21-16-34(21,31(42)38-50(45,46)33(3)13-14-33)37-28(40)25-15-22(18-39(25)30(41)27(20(2)48-19)36-32(43)44)49-29-24-12-8-7-11-23(24)26(47-4)17-35-29/h6-8,10-12,17,19-22,25,27,36H,5,9,13-16,18H2,1-4H3,(H,37,40)(H,38,42)(H,43,44)/t19-,20+,21-,22-,25+,27+,34-/m1/s1. The number of methoxy groups -OCH3 is 1. The van der Waals surface area contributed by atoms with Crippen LogP contribution in [0.4, 0.5) is 4.79 Å². The van der Waals surface area contributed by atoms with Gasteiger partial charge in [0.15, 0.2) is 0 Å². The fourth-order valence-electron chi connectivity index (χ4n) is 6.79. The van der Waals surface area contributed by atoms with E-state index in [1.54, 1.807) is 26.0 Å². The highest BCUT2D eigenvalue weighted by molar-refractivity contribution is 7.91. The zero-order valence-electron chi connectivity index (χ0n) is 28.4. The number of hydrogen-bond acceptors (Lipinski definition) is 10. The lowest BCUT2D eigenvalue weighted by Crippen LogP contribution is -2.60. The average Bonchev–Trinajstić information content (AvgIpc) is 3.95. The van der Waals surface area contributed by atoms with Crippen molar-refractivity contribution in [1.82, 2.24) is 25.2 Å². The van der Waals surface area contributed by atoms with Crippen LogP contribution in [0.1, 0.15) is 59.3 Å². The molecule has 50 heavy (non-hydrogen) atoms. The molecule has 2 saturated carbocycles. The highest BCUT2D eigenvalue weighted by Gasteiger charge is 2.63. The third-order valence-electron chi connectivity index (χ3n) is 10.2. The van der Waals surface area contributed by atoms with Crippen molar-refractivity contribution in [2.24, 2.45) is 5.92 Å². The Morgan fingerprint density at radius 3 is 2.56 bits per heavy atom. The zero-order valence-corrected chi connectivity index (χ0v) is 29.2. The van der Waals surface area contributed by atoms with E-state index >= 15 is 0 Å². The number of carbonyl (C=O) groups excluding carboxylic acids is 3. The van der Waals surface area contributed by atoms with E-state index in [1.165, 1.54) is 18.2 Å². The van der Waals surface area contributed by atoms with Crippen LogP contribution in [0.5, 0.6) is 11.6 Å². The first kappa shape index (κ1) is 35.4. The molecule has 0 radical (unpaired) electrons. The number of fused-ring (bicyclic) bond motifs is 3. The molecule has 15 nitrogen and oxygen atoms in total. The second-order valence-corrected chi connectivity index (χ2v) is 16.1. The number of carbonyl (C=O) groups is 4. The topological polar surface area (TPSA) is 203 Å². The second kappa shape index (κ2) is 13.4. The van der Waals surface area contributed by atoms with Crippen molar-refractivity contribution in [3.63, 3.8) is 0 Å². The molecule has 4 N–H and O–H groups in total. The first-order chi connectivity index (χ1) is 23.7. The Kier molecular flexibility index (Phi) is 9.45. The largest absolute Gasteiger partial charge is 0.494 e. The molecule has 6 rings (SSSR count). The van der Waals surface area contributed by atoms with E-state index in [9.17, 15) is 32.7 Å². The summed E-state index contributed by atoms with van der Waals surface area (Å²) in [5, 5.41) is 16.1. The van der Waals surface area contributed by atoms with Crippen LogP contribution < -0.4 is 24.8 Å². The number of aromatic nitrogens is 1. The van der Waals surface area contributed by atoms with Crippen LogP contribution >= 0.6 is 0 Å². The van der Waals surface area contributed by atoms with E-state index in [-0.39, 0.29) is 31.4 Å². The molecule has 1 aromatic carbocycles. The van der Waals surface area contributed by atoms with Gasteiger partial charge >= 0.3 is 6.09 Å². The Balaban J connectivity index is 1.34. The summed E-state index contributed by atoms with van der Waals surface area (Å²) in [6.45, 7) is 4.84. The molecule has 2 aliphatic heterocycles. The predicted octanol–water partition coefficient (Wildman–Crippen LogP) is 2.24. The lowest BCUT2D eigenvalue weighted by atomic mass is 10.1. The normalized spacial score (nSPS) is 30.9. The van der Waals surface area contributed by atoms with Gasteiger partial charge in [-0.3, -0.25) is 19.1 Å². The summed E-state index contributed by atoms with van der Waals surface area (Å²) in [5.41, 5.74) is -1.57. The minimum Gasteiger partial charge on any atom is -0.494 e. The summed E-state index contributed by atoms with van der Waals surface area (Å²) in [6.07, 6.45) is 3.66. The fourth-order valence-corrected chi connectivity index (χ4v) is 8.10. The highest BCUT2D eigenvalue weighted by Crippen LogP contribution is 2.47. The van der Waals surface area contributed by atoms with Gasteiger partial charge in [-0.25, -0.2) is 18.2 Å². The van der Waals surface area contributed by atoms with E-state index in [0.29, 0.717) is 36.8 Å². The van der Waals surface area contributed by atoms with Gasteiger partial charge in [-0.1, -0.05) is 30.4 Å². The molecule has 4 aliphatic rings. The number of benzene rings is 1. The van der Waals surface area contributed by atoms with Crippen molar-refractivity contribution in [1.29, 1.82) is 0 Å². The lowest BCUT2D eigenvalue weighted by Gasteiger charge is -2.32. The van der Waals surface area contributed by atoms with Crippen molar-refractivity contribution in [3.8, 4) is 11.6 Å². The third kappa shape index (κ3) is 6.82. The number of allylic oxidation sites excluding steroid dienone is 1. The Morgan fingerprint density at radius 1 is 1.16 bits per heavy atom. The third-order valence-corrected chi connectivity index (χ3v) is 12.4. The number of nitrogens with zero attached hydrogens (tertiary/aromatic N) is 2. The van der Waals surface area contributed by atoms with Crippen molar-refractivity contribution in [2.45, 2.75) is 100.0 Å². The molecule has 1 aromatic heterocycles. The van der Waals surface area contributed by atoms with Gasteiger partial charge in [0, 0.05) is 23.1 Å². The maximum atomic E-state index is 14.2. The van der Waals surface area contributed by atoms with E-state index in [4.69, 9.17) is 14.2 Å². The lowest BCUT2D eigenvalue weighted by molar-refractivity contribution is -0.144. The van der Waals surface area contributed by atoms with E-state index in [2.05, 4.69) is 20.3 Å². The van der Waals surface area contributed by atoms with Crippen LogP contribution in [-0.2, 0) is 29.1 Å². The predicted molar refractivity (Wildman–Crippen MR) is 180 cm³/mol. The number of rotatable bonds is 7.